The predicted molar refractivity (Wildman–Crippen MR) is 93.7 cm³/mol. The molecule has 2 bridgehead atoms. The Morgan fingerprint density at radius 2 is 1.96 bits per heavy atom. The van der Waals surface area contributed by atoms with E-state index >= 15 is 0 Å². The van der Waals surface area contributed by atoms with E-state index in [4.69, 9.17) is 4.74 Å². The van der Waals surface area contributed by atoms with Crippen molar-refractivity contribution in [2.75, 3.05) is 11.9 Å². The number of hydrogen-bond acceptors (Lipinski definition) is 6. The van der Waals surface area contributed by atoms with E-state index in [1.807, 2.05) is 12.2 Å². The van der Waals surface area contributed by atoms with Crippen molar-refractivity contribution in [1.82, 2.24) is 0 Å². The second-order valence-electron chi connectivity index (χ2n) is 7.09. The topological polar surface area (TPSA) is 95.5 Å². The first-order valence-corrected chi connectivity index (χ1v) is 9.84. The van der Waals surface area contributed by atoms with E-state index in [9.17, 15) is 19.5 Å². The molecule has 3 aliphatic rings. The van der Waals surface area contributed by atoms with E-state index < -0.39 is 23.8 Å². The molecule has 1 aromatic heterocycles. The molecular weight excluding hydrogens is 354 g/mol. The van der Waals surface area contributed by atoms with Crippen molar-refractivity contribution in [1.29, 1.82) is 0 Å². The average molecular weight is 374 g/mol. The monoisotopic (exact) mass is 374 g/mol. The Bertz CT molecular complexity index is 811. The highest BCUT2D eigenvalue weighted by atomic mass is 32.1. The minimum Gasteiger partial charge on any atom is -0.550 e. The van der Waals surface area contributed by atoms with Gasteiger partial charge in [0, 0.05) is 16.8 Å². The fourth-order valence-electron chi connectivity index (χ4n) is 4.61. The van der Waals surface area contributed by atoms with Crippen LogP contribution in [0.25, 0.3) is 0 Å². The minimum absolute atomic E-state index is 0.0826. The van der Waals surface area contributed by atoms with E-state index in [0.717, 1.165) is 29.7 Å². The maximum absolute atomic E-state index is 12.9. The largest absolute Gasteiger partial charge is 0.550 e. The van der Waals surface area contributed by atoms with Crippen LogP contribution in [0.4, 0.5) is 5.00 Å². The fraction of sp³-hybridized carbons (Fsp3) is 0.526. The molecule has 1 heterocycles. The summed E-state index contributed by atoms with van der Waals surface area (Å²) >= 11 is 1.41. The van der Waals surface area contributed by atoms with Crippen molar-refractivity contribution >= 4 is 34.2 Å². The third-order valence-corrected chi connectivity index (χ3v) is 6.88. The molecule has 3 aliphatic carbocycles. The average Bonchev–Trinajstić information content (AvgIpc) is 3.33. The van der Waals surface area contributed by atoms with Crippen LogP contribution >= 0.6 is 11.3 Å². The molecular formula is C19H20NO5S-. The molecule has 1 amide bonds. The molecule has 1 saturated carbocycles. The van der Waals surface area contributed by atoms with Crippen LogP contribution in [0.5, 0.6) is 0 Å². The lowest BCUT2D eigenvalue weighted by Gasteiger charge is -2.27. The normalized spacial score (nSPS) is 28.2. The third-order valence-electron chi connectivity index (χ3n) is 5.67. The maximum atomic E-state index is 12.9. The molecule has 4 atom stereocenters. The summed E-state index contributed by atoms with van der Waals surface area (Å²) in [6, 6.07) is 0. The Morgan fingerprint density at radius 1 is 1.23 bits per heavy atom. The number of fused-ring (bicyclic) bond motifs is 3. The molecule has 0 spiro atoms. The Kier molecular flexibility index (Phi) is 4.34. The Balaban J connectivity index is 1.61. The zero-order valence-electron chi connectivity index (χ0n) is 14.4. The van der Waals surface area contributed by atoms with Gasteiger partial charge in [-0.25, -0.2) is 4.79 Å². The first-order valence-electron chi connectivity index (χ1n) is 9.03. The van der Waals surface area contributed by atoms with Gasteiger partial charge in [0.2, 0.25) is 5.91 Å². The standard InChI is InChI=1S/C19H21NO5S/c1-2-25-19(24)15-11-4-3-5-12(11)26-17(15)20-16(21)13-9-6-7-10(8-9)14(13)18(22)23/h6-7,9-10,13-14H,2-5,8H2,1H3,(H,20,21)(H,22,23)/p-1/t9-,10+,13+,14+/m1/s1. The molecule has 4 rings (SSSR count). The molecule has 7 heteroatoms. The van der Waals surface area contributed by atoms with Crippen LogP contribution < -0.4 is 10.4 Å². The molecule has 0 aliphatic heterocycles. The number of anilines is 1. The third kappa shape index (κ3) is 2.65. The van der Waals surface area contributed by atoms with Gasteiger partial charge in [-0.1, -0.05) is 12.2 Å². The molecule has 1 aromatic rings. The minimum atomic E-state index is -1.18. The van der Waals surface area contributed by atoms with Crippen molar-refractivity contribution in [2.45, 2.75) is 32.6 Å². The van der Waals surface area contributed by atoms with Gasteiger partial charge in [-0.15, -0.1) is 11.3 Å². The van der Waals surface area contributed by atoms with Crippen LogP contribution in [0.15, 0.2) is 12.2 Å². The Labute approximate surface area is 155 Å². The number of amides is 1. The summed E-state index contributed by atoms with van der Waals surface area (Å²) < 4.78 is 5.17. The van der Waals surface area contributed by atoms with E-state index in [2.05, 4.69) is 5.32 Å². The van der Waals surface area contributed by atoms with Gasteiger partial charge in [0.1, 0.15) is 5.00 Å². The second kappa shape index (κ2) is 6.54. The molecule has 26 heavy (non-hydrogen) atoms. The van der Waals surface area contributed by atoms with Gasteiger partial charge in [0.05, 0.1) is 18.1 Å². The number of hydrogen-bond donors (Lipinski definition) is 1. The first-order chi connectivity index (χ1) is 12.5. The van der Waals surface area contributed by atoms with E-state index in [1.54, 1.807) is 6.92 Å². The number of thiophene rings is 1. The number of esters is 1. The number of allylic oxidation sites excluding steroid dienone is 2. The van der Waals surface area contributed by atoms with Crippen LogP contribution in [0.3, 0.4) is 0 Å². The van der Waals surface area contributed by atoms with Gasteiger partial charge in [0.25, 0.3) is 0 Å². The van der Waals surface area contributed by atoms with Gasteiger partial charge in [-0.3, -0.25) is 4.79 Å². The summed E-state index contributed by atoms with van der Waals surface area (Å²) in [6.45, 7) is 2.01. The number of aryl methyl sites for hydroxylation is 1. The van der Waals surface area contributed by atoms with Crippen LogP contribution in [0.2, 0.25) is 0 Å². The van der Waals surface area contributed by atoms with Crippen molar-refractivity contribution in [2.24, 2.45) is 23.7 Å². The molecule has 1 N–H and O–H groups in total. The summed E-state index contributed by atoms with van der Waals surface area (Å²) in [5.41, 5.74) is 1.41. The van der Waals surface area contributed by atoms with E-state index in [1.165, 1.54) is 11.3 Å². The second-order valence-corrected chi connectivity index (χ2v) is 8.20. The van der Waals surface area contributed by atoms with E-state index in [0.29, 0.717) is 17.0 Å². The van der Waals surface area contributed by atoms with Crippen LogP contribution in [0, 0.1) is 23.7 Å². The molecule has 0 unspecified atom stereocenters. The molecule has 0 radical (unpaired) electrons. The molecule has 0 aromatic carbocycles. The Morgan fingerprint density at radius 3 is 2.65 bits per heavy atom. The smallest absolute Gasteiger partial charge is 0.341 e. The van der Waals surface area contributed by atoms with Gasteiger partial charge < -0.3 is 20.0 Å². The lowest BCUT2D eigenvalue weighted by atomic mass is 9.82. The number of carboxylic acids is 1. The van der Waals surface area contributed by atoms with Crippen molar-refractivity contribution in [3.8, 4) is 0 Å². The summed E-state index contributed by atoms with van der Waals surface area (Å²) in [4.78, 5) is 37.9. The van der Waals surface area contributed by atoms with Gasteiger partial charge in [0.15, 0.2) is 0 Å². The SMILES string of the molecule is CCOC(=O)c1c(NC(=O)[C@@H]2[C@@H](C(=O)[O-])[C@H]3C=C[C@@H]2C3)sc2c1CCC2. The summed E-state index contributed by atoms with van der Waals surface area (Å²) in [6.07, 6.45) is 7.15. The summed E-state index contributed by atoms with van der Waals surface area (Å²) in [7, 11) is 0. The summed E-state index contributed by atoms with van der Waals surface area (Å²) in [5, 5.41) is 14.9. The van der Waals surface area contributed by atoms with Crippen molar-refractivity contribution in [3.63, 3.8) is 0 Å². The summed E-state index contributed by atoms with van der Waals surface area (Å²) in [5.74, 6) is -3.63. The zero-order valence-corrected chi connectivity index (χ0v) is 15.3. The number of carbonyl (C=O) groups excluding carboxylic acids is 3. The Hall–Kier alpha value is -2.15. The molecule has 6 nitrogen and oxygen atoms in total. The lowest BCUT2D eigenvalue weighted by Crippen LogP contribution is -2.42. The number of aliphatic carboxylic acids is 1. The highest BCUT2D eigenvalue weighted by Gasteiger charge is 2.49. The highest BCUT2D eigenvalue weighted by Crippen LogP contribution is 2.48. The van der Waals surface area contributed by atoms with Crippen LogP contribution in [-0.4, -0.2) is 24.5 Å². The first kappa shape index (κ1) is 17.3. The maximum Gasteiger partial charge on any atom is 0.341 e. The zero-order chi connectivity index (χ0) is 18.4. The number of carboxylic acid groups (broad SMARTS) is 1. The number of ether oxygens (including phenoxy) is 1. The van der Waals surface area contributed by atoms with Crippen LogP contribution in [0.1, 0.15) is 40.6 Å². The lowest BCUT2D eigenvalue weighted by molar-refractivity contribution is -0.313. The molecule has 0 saturated heterocycles. The number of nitrogens with one attached hydrogen (secondary N) is 1. The molecule has 138 valence electrons. The highest BCUT2D eigenvalue weighted by molar-refractivity contribution is 7.17. The fourth-order valence-corrected chi connectivity index (χ4v) is 5.89. The quantitative estimate of drug-likeness (QED) is 0.623. The van der Waals surface area contributed by atoms with Crippen LogP contribution in [-0.2, 0) is 27.2 Å². The predicted octanol–water partition coefficient (Wildman–Crippen LogP) is 1.54. The molecule has 1 fully saturated rings. The number of rotatable bonds is 5. The van der Waals surface area contributed by atoms with Gasteiger partial charge >= 0.3 is 5.97 Å². The van der Waals surface area contributed by atoms with E-state index in [-0.39, 0.29) is 24.3 Å². The van der Waals surface area contributed by atoms with Crippen molar-refractivity contribution < 1.29 is 24.2 Å². The number of carbonyl (C=O) groups is 3. The van der Waals surface area contributed by atoms with Crippen molar-refractivity contribution in [3.05, 3.63) is 28.2 Å². The van der Waals surface area contributed by atoms with Gasteiger partial charge in [-0.05, 0) is 50.0 Å². The van der Waals surface area contributed by atoms with Gasteiger partial charge in [-0.2, -0.15) is 0 Å².